The van der Waals surface area contributed by atoms with E-state index in [1.54, 1.807) is 0 Å². The first kappa shape index (κ1) is 9.59. The van der Waals surface area contributed by atoms with Crippen LogP contribution in [0.5, 0.6) is 0 Å². The van der Waals surface area contributed by atoms with Crippen molar-refractivity contribution in [1.29, 1.82) is 0 Å². The summed E-state index contributed by atoms with van der Waals surface area (Å²) in [6.45, 7) is 6.82. The molecule has 1 heterocycles. The topological polar surface area (TPSA) is 3.24 Å². The minimum absolute atomic E-state index is 1.03. The van der Waals surface area contributed by atoms with Crippen molar-refractivity contribution in [3.8, 4) is 0 Å². The van der Waals surface area contributed by atoms with Gasteiger partial charge in [0.15, 0.2) is 6.67 Å². The molecule has 0 aromatic heterocycles. The van der Waals surface area contributed by atoms with Crippen molar-refractivity contribution in [1.82, 2.24) is 4.90 Å². The molecule has 70 valence electrons. The molecule has 0 saturated carbocycles. The molecule has 0 amide bonds. The Bertz CT molecular complexity index is 182. The molecule has 1 aliphatic heterocycles. The van der Waals surface area contributed by atoms with E-state index in [9.17, 15) is 0 Å². The molecule has 0 aromatic carbocycles. The lowest BCUT2D eigenvalue weighted by atomic mass is 10.3. The van der Waals surface area contributed by atoms with Gasteiger partial charge in [-0.25, -0.2) is 0 Å². The summed E-state index contributed by atoms with van der Waals surface area (Å²) in [5.74, 6) is 0. The third-order valence-corrected chi connectivity index (χ3v) is 2.66. The van der Waals surface area contributed by atoms with Crippen LogP contribution < -0.4 is 0 Å². The van der Waals surface area contributed by atoms with Crippen molar-refractivity contribution in [2.24, 2.45) is 0 Å². The summed E-state index contributed by atoms with van der Waals surface area (Å²) in [6, 6.07) is 0. The van der Waals surface area contributed by atoms with Crippen molar-refractivity contribution >= 4 is 0 Å². The third-order valence-electron chi connectivity index (χ3n) is 2.66. The number of hydrogen-bond donors (Lipinski definition) is 0. The molecule has 0 aromatic rings. The number of allylic oxidation sites excluding steroid dienone is 1. The van der Waals surface area contributed by atoms with Crippen LogP contribution in [0.1, 0.15) is 26.7 Å². The lowest BCUT2D eigenvalue weighted by Crippen LogP contribution is -2.39. The predicted molar refractivity (Wildman–Crippen MR) is 52.3 cm³/mol. The molecule has 0 unspecified atom stereocenters. The smallest absolute Gasteiger partial charge is 0.158 e. The Labute approximate surface area is 76.1 Å². The van der Waals surface area contributed by atoms with Crippen LogP contribution in [-0.4, -0.2) is 36.7 Å². The van der Waals surface area contributed by atoms with Crippen LogP contribution in [0.4, 0.5) is 0 Å². The van der Waals surface area contributed by atoms with Crippen LogP contribution in [0.2, 0.25) is 0 Å². The van der Waals surface area contributed by atoms with E-state index < -0.39 is 0 Å². The van der Waals surface area contributed by atoms with Gasteiger partial charge in [-0.15, -0.1) is 0 Å². The number of nitrogens with zero attached hydrogens (tertiary/aromatic N) is 2. The summed E-state index contributed by atoms with van der Waals surface area (Å²) in [6.07, 6.45) is 4.90. The van der Waals surface area contributed by atoms with Crippen LogP contribution in [0.25, 0.3) is 0 Å². The largest absolute Gasteiger partial charge is 0.326 e. The van der Waals surface area contributed by atoms with Gasteiger partial charge in [0.25, 0.3) is 0 Å². The zero-order chi connectivity index (χ0) is 9.19. The highest BCUT2D eigenvalue weighted by Crippen LogP contribution is 2.20. The third kappa shape index (κ3) is 2.01. The molecule has 0 radical (unpaired) electrons. The molecule has 0 bridgehead atoms. The van der Waals surface area contributed by atoms with Gasteiger partial charge >= 0.3 is 0 Å². The van der Waals surface area contributed by atoms with Gasteiger partial charge in [0, 0.05) is 13.5 Å². The van der Waals surface area contributed by atoms with Gasteiger partial charge < -0.3 is 4.90 Å². The Kier molecular flexibility index (Phi) is 2.78. The molecule has 0 fully saturated rings. The average Bonchev–Trinajstić information content (AvgIpc) is 2.22. The van der Waals surface area contributed by atoms with Crippen molar-refractivity contribution in [3.63, 3.8) is 0 Å². The van der Waals surface area contributed by atoms with E-state index in [-0.39, 0.29) is 0 Å². The summed E-state index contributed by atoms with van der Waals surface area (Å²) >= 11 is 0. The minimum atomic E-state index is 1.03. The highest BCUT2D eigenvalue weighted by molar-refractivity contribution is 4.93. The number of quaternary nitrogens is 1. The SMILES string of the molecule is CCCCN1C=C(C)[N+](C)(C)C1. The van der Waals surface area contributed by atoms with Crippen LogP contribution >= 0.6 is 0 Å². The highest BCUT2D eigenvalue weighted by Gasteiger charge is 2.27. The van der Waals surface area contributed by atoms with Crippen molar-refractivity contribution in [3.05, 3.63) is 11.9 Å². The first-order valence-electron chi connectivity index (χ1n) is 4.82. The van der Waals surface area contributed by atoms with E-state index in [4.69, 9.17) is 0 Å². The molecule has 0 spiro atoms. The number of rotatable bonds is 3. The summed E-state index contributed by atoms with van der Waals surface area (Å²) in [7, 11) is 4.52. The fourth-order valence-corrected chi connectivity index (χ4v) is 1.52. The monoisotopic (exact) mass is 169 g/mol. The van der Waals surface area contributed by atoms with E-state index in [0.29, 0.717) is 0 Å². The van der Waals surface area contributed by atoms with Crippen LogP contribution in [-0.2, 0) is 0 Å². The van der Waals surface area contributed by atoms with E-state index in [2.05, 4.69) is 39.0 Å². The molecule has 2 heteroatoms. The molecule has 1 rings (SSSR count). The number of hydrogen-bond acceptors (Lipinski definition) is 1. The molecule has 2 nitrogen and oxygen atoms in total. The highest BCUT2D eigenvalue weighted by atomic mass is 15.5. The number of unbranched alkanes of at least 4 members (excludes halogenated alkanes) is 1. The second kappa shape index (κ2) is 3.48. The fourth-order valence-electron chi connectivity index (χ4n) is 1.52. The summed E-state index contributed by atoms with van der Waals surface area (Å²) in [5.41, 5.74) is 1.46. The zero-order valence-electron chi connectivity index (χ0n) is 8.80. The molecule has 0 aliphatic carbocycles. The van der Waals surface area contributed by atoms with Crippen molar-refractivity contribution in [2.75, 3.05) is 27.3 Å². The molecule has 0 saturated heterocycles. The first-order chi connectivity index (χ1) is 5.56. The maximum atomic E-state index is 2.43. The normalized spacial score (nSPS) is 21.3. The first-order valence-corrected chi connectivity index (χ1v) is 4.82. The second-order valence-electron chi connectivity index (χ2n) is 4.26. The quantitative estimate of drug-likeness (QED) is 0.584. The maximum absolute atomic E-state index is 2.43. The summed E-state index contributed by atoms with van der Waals surface area (Å²) in [4.78, 5) is 2.43. The molecule has 1 aliphatic rings. The van der Waals surface area contributed by atoms with Gasteiger partial charge in [-0.1, -0.05) is 13.3 Å². The van der Waals surface area contributed by atoms with E-state index >= 15 is 0 Å². The summed E-state index contributed by atoms with van der Waals surface area (Å²) in [5, 5.41) is 0. The van der Waals surface area contributed by atoms with E-state index in [1.807, 2.05) is 0 Å². The van der Waals surface area contributed by atoms with Crippen molar-refractivity contribution in [2.45, 2.75) is 26.7 Å². The molecular formula is C10H21N2+. The lowest BCUT2D eigenvalue weighted by Gasteiger charge is -2.26. The Balaban J connectivity index is 2.44. The van der Waals surface area contributed by atoms with Gasteiger partial charge in [0.05, 0.1) is 20.3 Å². The van der Waals surface area contributed by atoms with E-state index in [0.717, 1.165) is 11.2 Å². The standard InChI is InChI=1S/C10H21N2/c1-5-6-7-11-8-10(2)12(3,4)9-11/h8H,5-7,9H2,1-4H3/q+1. The van der Waals surface area contributed by atoms with Gasteiger partial charge in [-0.3, -0.25) is 4.48 Å². The predicted octanol–water partition coefficient (Wildman–Crippen LogP) is 2.00. The Morgan fingerprint density at radius 2 is 2.17 bits per heavy atom. The van der Waals surface area contributed by atoms with Gasteiger partial charge in [-0.05, 0) is 6.42 Å². The minimum Gasteiger partial charge on any atom is -0.326 e. The molecule has 12 heavy (non-hydrogen) atoms. The van der Waals surface area contributed by atoms with Crippen LogP contribution in [0, 0.1) is 0 Å². The Hall–Kier alpha value is -0.500. The van der Waals surface area contributed by atoms with Gasteiger partial charge in [0.1, 0.15) is 5.70 Å². The fraction of sp³-hybridized carbons (Fsp3) is 0.800. The van der Waals surface area contributed by atoms with Crippen LogP contribution in [0.15, 0.2) is 11.9 Å². The molecule has 0 atom stereocenters. The molecular weight excluding hydrogens is 148 g/mol. The zero-order valence-corrected chi connectivity index (χ0v) is 8.80. The average molecular weight is 169 g/mol. The second-order valence-corrected chi connectivity index (χ2v) is 4.26. The lowest BCUT2D eigenvalue weighted by molar-refractivity contribution is -0.853. The van der Waals surface area contributed by atoms with Gasteiger partial charge in [-0.2, -0.15) is 0 Å². The Morgan fingerprint density at radius 1 is 1.50 bits per heavy atom. The van der Waals surface area contributed by atoms with Crippen molar-refractivity contribution < 1.29 is 4.48 Å². The van der Waals surface area contributed by atoms with Crippen LogP contribution in [0.3, 0.4) is 0 Å². The van der Waals surface area contributed by atoms with E-state index in [1.165, 1.54) is 25.1 Å². The summed E-state index contributed by atoms with van der Waals surface area (Å²) < 4.78 is 1.03. The van der Waals surface area contributed by atoms with Gasteiger partial charge in [0.2, 0.25) is 0 Å². The maximum Gasteiger partial charge on any atom is 0.158 e. The molecule has 0 N–H and O–H groups in total. The Morgan fingerprint density at radius 3 is 2.58 bits per heavy atom.